The molecule has 0 bridgehead atoms. The van der Waals surface area contributed by atoms with Crippen molar-refractivity contribution >= 4 is 17.6 Å². The number of rotatable bonds is 6. The molecule has 1 saturated heterocycles. The Morgan fingerprint density at radius 1 is 1.42 bits per heavy atom. The molecule has 24 heavy (non-hydrogen) atoms. The van der Waals surface area contributed by atoms with Gasteiger partial charge in [-0.05, 0) is 44.4 Å². The largest absolute Gasteiger partial charge is 0.376 e. The first-order chi connectivity index (χ1) is 11.5. The smallest absolute Gasteiger partial charge is 0.317 e. The van der Waals surface area contributed by atoms with Crippen LogP contribution in [0.3, 0.4) is 0 Å². The summed E-state index contributed by atoms with van der Waals surface area (Å²) in [7, 11) is 0. The number of ether oxygens (including phenoxy) is 1. The summed E-state index contributed by atoms with van der Waals surface area (Å²) in [6, 6.07) is 7.27. The van der Waals surface area contributed by atoms with Crippen molar-refractivity contribution < 1.29 is 14.3 Å². The van der Waals surface area contributed by atoms with Crippen molar-refractivity contribution in [1.29, 1.82) is 0 Å². The average Bonchev–Trinajstić information content (AvgIpc) is 3.05. The minimum absolute atomic E-state index is 0.0922. The second-order valence-corrected chi connectivity index (χ2v) is 6.15. The highest BCUT2D eigenvalue weighted by molar-refractivity contribution is 5.88. The lowest BCUT2D eigenvalue weighted by atomic mass is 10.1. The molecule has 0 aliphatic carbocycles. The van der Waals surface area contributed by atoms with E-state index in [1.165, 1.54) is 6.92 Å². The molecule has 1 aliphatic heterocycles. The van der Waals surface area contributed by atoms with E-state index in [-0.39, 0.29) is 24.1 Å². The van der Waals surface area contributed by atoms with Gasteiger partial charge in [0, 0.05) is 32.3 Å². The van der Waals surface area contributed by atoms with Gasteiger partial charge in [-0.3, -0.25) is 4.79 Å². The van der Waals surface area contributed by atoms with Crippen LogP contribution in [0.15, 0.2) is 24.3 Å². The minimum Gasteiger partial charge on any atom is -0.376 e. The van der Waals surface area contributed by atoms with Gasteiger partial charge in [0.2, 0.25) is 5.91 Å². The summed E-state index contributed by atoms with van der Waals surface area (Å²) in [4.78, 5) is 25.4. The molecule has 132 valence electrons. The number of carbonyl (C=O) groups is 2. The molecule has 2 N–H and O–H groups in total. The molecule has 1 aromatic rings. The summed E-state index contributed by atoms with van der Waals surface area (Å²) in [5, 5.41) is 5.78. The number of amides is 3. The van der Waals surface area contributed by atoms with Crippen LogP contribution in [0.2, 0.25) is 0 Å². The maximum Gasteiger partial charge on any atom is 0.317 e. The Labute approximate surface area is 143 Å². The minimum atomic E-state index is -0.148. The maximum absolute atomic E-state index is 12.5. The van der Waals surface area contributed by atoms with Gasteiger partial charge in [-0.2, -0.15) is 0 Å². The standard InChI is InChI=1S/C18H27N3O3/c1-4-21(12-17-9-6-10-24-17)18(23)19-13(2)15-7-5-8-16(11-15)20-14(3)22/h5,7-8,11,13,17H,4,6,9-10,12H2,1-3H3,(H,19,23)(H,20,22)/t13-,17+/m1/s1. The van der Waals surface area contributed by atoms with Gasteiger partial charge in [-0.15, -0.1) is 0 Å². The van der Waals surface area contributed by atoms with Crippen LogP contribution in [-0.4, -0.2) is 42.6 Å². The Morgan fingerprint density at radius 2 is 2.21 bits per heavy atom. The van der Waals surface area contributed by atoms with Crippen molar-refractivity contribution in [3.05, 3.63) is 29.8 Å². The molecule has 0 unspecified atom stereocenters. The quantitative estimate of drug-likeness (QED) is 0.841. The monoisotopic (exact) mass is 333 g/mol. The van der Waals surface area contributed by atoms with Crippen molar-refractivity contribution in [3.8, 4) is 0 Å². The van der Waals surface area contributed by atoms with Crippen molar-refractivity contribution in [2.75, 3.05) is 25.0 Å². The Morgan fingerprint density at radius 3 is 2.83 bits per heavy atom. The Balaban J connectivity index is 1.95. The van der Waals surface area contributed by atoms with Gasteiger partial charge in [0.25, 0.3) is 0 Å². The average molecular weight is 333 g/mol. The van der Waals surface area contributed by atoms with Crippen LogP contribution < -0.4 is 10.6 Å². The van der Waals surface area contributed by atoms with Gasteiger partial charge in [-0.25, -0.2) is 4.79 Å². The van der Waals surface area contributed by atoms with Crippen LogP contribution in [0.4, 0.5) is 10.5 Å². The highest BCUT2D eigenvalue weighted by Gasteiger charge is 2.22. The molecule has 1 aliphatic rings. The molecule has 3 amide bonds. The van der Waals surface area contributed by atoms with Gasteiger partial charge in [0.1, 0.15) is 0 Å². The molecule has 6 nitrogen and oxygen atoms in total. The van der Waals surface area contributed by atoms with Gasteiger partial charge < -0.3 is 20.3 Å². The Hall–Kier alpha value is -2.08. The van der Waals surface area contributed by atoms with Gasteiger partial charge in [0.15, 0.2) is 0 Å². The first kappa shape index (κ1) is 18.3. The second kappa shape index (κ2) is 8.68. The van der Waals surface area contributed by atoms with E-state index in [9.17, 15) is 9.59 Å². The summed E-state index contributed by atoms with van der Waals surface area (Å²) < 4.78 is 5.62. The predicted octanol–water partition coefficient (Wildman–Crippen LogP) is 2.92. The van der Waals surface area contributed by atoms with E-state index in [4.69, 9.17) is 4.74 Å². The molecule has 1 heterocycles. The molecular weight excluding hydrogens is 306 g/mol. The number of likely N-dealkylation sites (N-methyl/N-ethyl adjacent to an activating group) is 1. The number of urea groups is 1. The van der Waals surface area contributed by atoms with Gasteiger partial charge >= 0.3 is 6.03 Å². The molecular formula is C18H27N3O3. The van der Waals surface area contributed by atoms with Crippen molar-refractivity contribution in [1.82, 2.24) is 10.2 Å². The van der Waals surface area contributed by atoms with Crippen molar-refractivity contribution in [3.63, 3.8) is 0 Å². The normalized spacial score (nSPS) is 18.0. The molecule has 0 aromatic heterocycles. The molecule has 1 fully saturated rings. The summed E-state index contributed by atoms with van der Waals surface area (Å²) in [6.07, 6.45) is 2.22. The molecule has 0 radical (unpaired) electrons. The molecule has 2 atom stereocenters. The predicted molar refractivity (Wildman–Crippen MR) is 93.9 cm³/mol. The highest BCUT2D eigenvalue weighted by Crippen LogP contribution is 2.18. The Bertz CT molecular complexity index is 570. The first-order valence-electron chi connectivity index (χ1n) is 8.54. The topological polar surface area (TPSA) is 70.7 Å². The molecule has 2 rings (SSSR count). The number of carbonyl (C=O) groups excluding carboxylic acids is 2. The maximum atomic E-state index is 12.5. The number of hydrogen-bond acceptors (Lipinski definition) is 3. The fourth-order valence-electron chi connectivity index (χ4n) is 2.84. The van der Waals surface area contributed by atoms with Crippen LogP contribution in [-0.2, 0) is 9.53 Å². The van der Waals surface area contributed by atoms with Crippen LogP contribution in [0, 0.1) is 0 Å². The fourth-order valence-corrected chi connectivity index (χ4v) is 2.84. The third-order valence-corrected chi connectivity index (χ3v) is 4.16. The van der Waals surface area contributed by atoms with E-state index in [1.54, 1.807) is 4.90 Å². The SMILES string of the molecule is CCN(C[C@@H]1CCCO1)C(=O)N[C@H](C)c1cccc(NC(C)=O)c1. The summed E-state index contributed by atoms with van der Waals surface area (Å²) in [5.74, 6) is -0.113. The van der Waals surface area contributed by atoms with Crippen LogP contribution in [0.1, 0.15) is 45.2 Å². The van der Waals surface area contributed by atoms with E-state index < -0.39 is 0 Å². The van der Waals surface area contributed by atoms with Crippen LogP contribution >= 0.6 is 0 Å². The number of benzene rings is 1. The lowest BCUT2D eigenvalue weighted by molar-refractivity contribution is -0.114. The first-order valence-corrected chi connectivity index (χ1v) is 8.54. The fraction of sp³-hybridized carbons (Fsp3) is 0.556. The van der Waals surface area contributed by atoms with Crippen molar-refractivity contribution in [2.45, 2.75) is 45.8 Å². The molecule has 0 saturated carbocycles. The molecule has 6 heteroatoms. The van der Waals surface area contributed by atoms with Gasteiger partial charge in [-0.1, -0.05) is 12.1 Å². The Kier molecular flexibility index (Phi) is 6.61. The molecule has 1 aromatic carbocycles. The second-order valence-electron chi connectivity index (χ2n) is 6.15. The highest BCUT2D eigenvalue weighted by atomic mass is 16.5. The summed E-state index contributed by atoms with van der Waals surface area (Å²) >= 11 is 0. The van der Waals surface area contributed by atoms with Crippen LogP contribution in [0.25, 0.3) is 0 Å². The zero-order valence-corrected chi connectivity index (χ0v) is 14.7. The van der Waals surface area contributed by atoms with Crippen LogP contribution in [0.5, 0.6) is 0 Å². The zero-order valence-electron chi connectivity index (χ0n) is 14.7. The van der Waals surface area contributed by atoms with Gasteiger partial charge in [0.05, 0.1) is 12.1 Å². The number of anilines is 1. The lowest BCUT2D eigenvalue weighted by Gasteiger charge is -2.26. The van der Waals surface area contributed by atoms with E-state index in [0.717, 1.165) is 30.7 Å². The van der Waals surface area contributed by atoms with E-state index >= 15 is 0 Å². The zero-order chi connectivity index (χ0) is 17.5. The molecule has 0 spiro atoms. The summed E-state index contributed by atoms with van der Waals surface area (Å²) in [6.45, 7) is 7.44. The number of hydrogen-bond donors (Lipinski definition) is 2. The lowest BCUT2D eigenvalue weighted by Crippen LogP contribution is -2.44. The number of nitrogens with zero attached hydrogens (tertiary/aromatic N) is 1. The summed E-state index contributed by atoms with van der Waals surface area (Å²) in [5.41, 5.74) is 1.68. The van der Waals surface area contributed by atoms with E-state index in [0.29, 0.717) is 13.1 Å². The number of nitrogens with one attached hydrogen (secondary N) is 2. The third kappa shape index (κ3) is 5.23. The van der Waals surface area contributed by atoms with Crippen molar-refractivity contribution in [2.24, 2.45) is 0 Å². The van der Waals surface area contributed by atoms with E-state index in [1.807, 2.05) is 38.1 Å². The van der Waals surface area contributed by atoms with E-state index in [2.05, 4.69) is 10.6 Å². The third-order valence-electron chi connectivity index (χ3n) is 4.16.